The third-order valence-corrected chi connectivity index (χ3v) is 4.90. The summed E-state index contributed by atoms with van der Waals surface area (Å²) in [5.41, 5.74) is 6.36. The number of amides is 2. The van der Waals surface area contributed by atoms with Gasteiger partial charge in [0.1, 0.15) is 5.69 Å². The standard InChI is InChI=1S/C22H18N4O3/c1-26-11-9-22(29,21(26)28)8-7-14-4-2-5-15(12-14)19-18-16(6-3-10-24-18)13-17(25-19)20(23)27/h2-6,10,12-13,29H,9,11H2,1H3,(H2,23,27). The maximum Gasteiger partial charge on any atom is 0.267 e. The first-order valence-corrected chi connectivity index (χ1v) is 9.04. The van der Waals surface area contributed by atoms with Gasteiger partial charge in [-0.2, -0.15) is 0 Å². The third-order valence-electron chi connectivity index (χ3n) is 4.90. The largest absolute Gasteiger partial charge is 0.369 e. The summed E-state index contributed by atoms with van der Waals surface area (Å²) in [7, 11) is 1.64. The summed E-state index contributed by atoms with van der Waals surface area (Å²) in [6.45, 7) is 0.464. The lowest BCUT2D eigenvalue weighted by Crippen LogP contribution is -2.37. The minimum absolute atomic E-state index is 0.144. The molecule has 1 aliphatic heterocycles. The number of aromatic nitrogens is 2. The Labute approximate surface area is 167 Å². The molecule has 0 radical (unpaired) electrons. The molecule has 1 aliphatic rings. The van der Waals surface area contributed by atoms with Crippen LogP contribution in [-0.4, -0.2) is 51.0 Å². The second-order valence-electron chi connectivity index (χ2n) is 6.96. The minimum Gasteiger partial charge on any atom is -0.369 e. The molecular formula is C22H18N4O3. The first kappa shape index (κ1) is 18.6. The van der Waals surface area contributed by atoms with Gasteiger partial charge in [0.05, 0.1) is 11.2 Å². The molecule has 2 amide bonds. The summed E-state index contributed by atoms with van der Waals surface area (Å²) >= 11 is 0. The number of aliphatic hydroxyl groups is 1. The van der Waals surface area contributed by atoms with Crippen molar-refractivity contribution < 1.29 is 14.7 Å². The molecule has 3 N–H and O–H groups in total. The number of nitrogens with two attached hydrogens (primary N) is 1. The summed E-state index contributed by atoms with van der Waals surface area (Å²) in [4.78, 5) is 34.0. The Hall–Kier alpha value is -3.76. The number of carbonyl (C=O) groups is 2. The highest BCUT2D eigenvalue weighted by Crippen LogP contribution is 2.27. The zero-order chi connectivity index (χ0) is 20.6. The van der Waals surface area contributed by atoms with Gasteiger partial charge in [0.25, 0.3) is 11.8 Å². The fourth-order valence-corrected chi connectivity index (χ4v) is 3.30. The third kappa shape index (κ3) is 3.42. The highest BCUT2D eigenvalue weighted by Gasteiger charge is 2.42. The lowest BCUT2D eigenvalue weighted by molar-refractivity contribution is -0.137. The number of hydrogen-bond donors (Lipinski definition) is 2. The van der Waals surface area contributed by atoms with Crippen molar-refractivity contribution in [3.8, 4) is 23.1 Å². The topological polar surface area (TPSA) is 109 Å². The highest BCUT2D eigenvalue weighted by atomic mass is 16.3. The normalized spacial score (nSPS) is 18.6. The number of likely N-dealkylation sites (N-methyl/N-ethyl adjacent to an activating group) is 1. The Bertz CT molecular complexity index is 1210. The van der Waals surface area contributed by atoms with Gasteiger partial charge in [0, 0.05) is 42.7 Å². The predicted octanol–water partition coefficient (Wildman–Crippen LogP) is 1.34. The van der Waals surface area contributed by atoms with Crippen LogP contribution in [0.4, 0.5) is 0 Å². The minimum atomic E-state index is -1.66. The van der Waals surface area contributed by atoms with Gasteiger partial charge in [-0.15, -0.1) is 0 Å². The van der Waals surface area contributed by atoms with Gasteiger partial charge in [0.2, 0.25) is 5.60 Å². The summed E-state index contributed by atoms with van der Waals surface area (Å²) < 4.78 is 0. The first-order chi connectivity index (χ1) is 13.9. The molecule has 0 spiro atoms. The molecule has 1 aromatic carbocycles. The van der Waals surface area contributed by atoms with Crippen LogP contribution in [0.3, 0.4) is 0 Å². The lowest BCUT2D eigenvalue weighted by Gasteiger charge is -2.13. The van der Waals surface area contributed by atoms with E-state index >= 15 is 0 Å². The van der Waals surface area contributed by atoms with Crippen molar-refractivity contribution in [1.29, 1.82) is 0 Å². The van der Waals surface area contributed by atoms with Crippen molar-refractivity contribution in [2.45, 2.75) is 12.0 Å². The number of carbonyl (C=O) groups excluding carboxylic acids is 2. The van der Waals surface area contributed by atoms with Crippen LogP contribution in [0, 0.1) is 11.8 Å². The van der Waals surface area contributed by atoms with E-state index in [0.29, 0.717) is 28.9 Å². The molecule has 7 nitrogen and oxygen atoms in total. The van der Waals surface area contributed by atoms with Crippen molar-refractivity contribution >= 4 is 22.7 Å². The molecule has 144 valence electrons. The molecule has 3 heterocycles. The van der Waals surface area contributed by atoms with Gasteiger partial charge in [-0.3, -0.25) is 14.6 Å². The number of hydrogen-bond acceptors (Lipinski definition) is 5. The molecule has 1 saturated heterocycles. The SMILES string of the molecule is CN1CCC(O)(C#Cc2cccc(-c3nc(C(N)=O)cc4cccnc34)c2)C1=O. The van der Waals surface area contributed by atoms with Gasteiger partial charge < -0.3 is 15.7 Å². The van der Waals surface area contributed by atoms with E-state index < -0.39 is 17.4 Å². The summed E-state index contributed by atoms with van der Waals surface area (Å²) in [6, 6.07) is 12.4. The van der Waals surface area contributed by atoms with E-state index in [1.165, 1.54) is 4.90 Å². The second-order valence-corrected chi connectivity index (χ2v) is 6.96. The van der Waals surface area contributed by atoms with Gasteiger partial charge in [-0.05, 0) is 24.3 Å². The van der Waals surface area contributed by atoms with Crippen LogP contribution in [0.15, 0.2) is 48.7 Å². The van der Waals surface area contributed by atoms with Gasteiger partial charge in [-0.25, -0.2) is 4.98 Å². The first-order valence-electron chi connectivity index (χ1n) is 9.04. The number of primary amides is 1. The molecule has 1 fully saturated rings. The van der Waals surface area contributed by atoms with Gasteiger partial charge in [-0.1, -0.05) is 30.0 Å². The number of nitrogens with zero attached hydrogens (tertiary/aromatic N) is 3. The molecule has 1 atom stereocenters. The Kier molecular flexibility index (Phi) is 4.49. The van der Waals surface area contributed by atoms with Crippen LogP contribution in [0.2, 0.25) is 0 Å². The van der Waals surface area contributed by atoms with E-state index in [9.17, 15) is 14.7 Å². The van der Waals surface area contributed by atoms with Crippen molar-refractivity contribution in [1.82, 2.24) is 14.9 Å². The Morgan fingerprint density at radius 2 is 2.10 bits per heavy atom. The fourth-order valence-electron chi connectivity index (χ4n) is 3.30. The van der Waals surface area contributed by atoms with E-state index in [0.717, 1.165) is 5.39 Å². The van der Waals surface area contributed by atoms with Crippen LogP contribution in [0.1, 0.15) is 22.5 Å². The molecule has 3 aromatic rings. The summed E-state index contributed by atoms with van der Waals surface area (Å²) in [5.74, 6) is 4.57. The van der Waals surface area contributed by atoms with Crippen molar-refractivity contribution in [2.75, 3.05) is 13.6 Å². The van der Waals surface area contributed by atoms with Crippen LogP contribution in [0.25, 0.3) is 22.2 Å². The fraction of sp³-hybridized carbons (Fsp3) is 0.182. The molecular weight excluding hydrogens is 368 g/mol. The average Bonchev–Trinajstić information content (AvgIpc) is 2.99. The smallest absolute Gasteiger partial charge is 0.267 e. The Morgan fingerprint density at radius 1 is 1.28 bits per heavy atom. The molecule has 29 heavy (non-hydrogen) atoms. The van der Waals surface area contributed by atoms with Crippen molar-refractivity contribution in [2.24, 2.45) is 5.73 Å². The van der Waals surface area contributed by atoms with E-state index in [4.69, 9.17) is 5.73 Å². The predicted molar refractivity (Wildman–Crippen MR) is 108 cm³/mol. The maximum absolute atomic E-state index is 12.1. The van der Waals surface area contributed by atoms with E-state index in [1.54, 1.807) is 43.6 Å². The van der Waals surface area contributed by atoms with Crippen molar-refractivity contribution in [3.63, 3.8) is 0 Å². The molecule has 2 aromatic heterocycles. The monoisotopic (exact) mass is 386 g/mol. The van der Waals surface area contributed by atoms with Crippen LogP contribution in [-0.2, 0) is 4.79 Å². The summed E-state index contributed by atoms with van der Waals surface area (Å²) in [5, 5.41) is 11.2. The van der Waals surface area contributed by atoms with Crippen molar-refractivity contribution in [3.05, 3.63) is 59.9 Å². The zero-order valence-electron chi connectivity index (χ0n) is 15.7. The highest BCUT2D eigenvalue weighted by molar-refractivity contribution is 5.99. The van der Waals surface area contributed by atoms with E-state index in [-0.39, 0.29) is 12.1 Å². The maximum atomic E-state index is 12.1. The molecule has 0 saturated carbocycles. The number of benzene rings is 1. The quantitative estimate of drug-likeness (QED) is 0.646. The summed E-state index contributed by atoms with van der Waals surface area (Å²) in [6.07, 6.45) is 1.92. The molecule has 4 rings (SSSR count). The number of pyridine rings is 2. The average molecular weight is 386 g/mol. The second kappa shape index (κ2) is 7.00. The van der Waals surface area contributed by atoms with Gasteiger partial charge in [0.15, 0.2) is 0 Å². The Morgan fingerprint density at radius 3 is 2.83 bits per heavy atom. The van der Waals surface area contributed by atoms with Crippen LogP contribution in [0.5, 0.6) is 0 Å². The molecule has 0 aliphatic carbocycles. The number of rotatable bonds is 2. The number of likely N-dealkylation sites (tertiary alicyclic amines) is 1. The Balaban J connectivity index is 1.79. The van der Waals surface area contributed by atoms with Crippen LogP contribution < -0.4 is 5.73 Å². The molecule has 1 unspecified atom stereocenters. The van der Waals surface area contributed by atoms with E-state index in [2.05, 4.69) is 21.8 Å². The molecule has 7 heteroatoms. The van der Waals surface area contributed by atoms with Gasteiger partial charge >= 0.3 is 0 Å². The van der Waals surface area contributed by atoms with Crippen LogP contribution >= 0.6 is 0 Å². The number of fused-ring (bicyclic) bond motifs is 1. The zero-order valence-corrected chi connectivity index (χ0v) is 15.7. The van der Waals surface area contributed by atoms with E-state index in [1.807, 2.05) is 12.1 Å². The lowest BCUT2D eigenvalue weighted by atomic mass is 10.0. The molecule has 0 bridgehead atoms.